The first-order valence-electron chi connectivity index (χ1n) is 9.16. The number of amides is 1. The molecule has 1 radical (unpaired) electrons. The van der Waals surface area contributed by atoms with Crippen molar-refractivity contribution in [2.45, 2.75) is 39.5 Å². The van der Waals surface area contributed by atoms with Gasteiger partial charge >= 0.3 is 0 Å². The van der Waals surface area contributed by atoms with Gasteiger partial charge in [-0.05, 0) is 78.2 Å². The minimum atomic E-state index is -2.25. The summed E-state index contributed by atoms with van der Waals surface area (Å²) in [5, 5.41) is 2.21. The van der Waals surface area contributed by atoms with E-state index in [1.165, 1.54) is 16.7 Å². The lowest BCUT2D eigenvalue weighted by molar-refractivity contribution is 0.0993. The minimum Gasteiger partial charge on any atom is -0.449 e. The zero-order valence-electron chi connectivity index (χ0n) is 16.3. The van der Waals surface area contributed by atoms with Crippen LogP contribution in [0, 0.1) is 0 Å². The van der Waals surface area contributed by atoms with Gasteiger partial charge in [0.15, 0.2) is 0 Å². The summed E-state index contributed by atoms with van der Waals surface area (Å²) >= 11 is 3.87. The van der Waals surface area contributed by atoms with Crippen LogP contribution in [-0.4, -0.2) is 22.5 Å². The average molecular weight is 457 g/mol. The van der Waals surface area contributed by atoms with E-state index >= 15 is 0 Å². The third-order valence-electron chi connectivity index (χ3n) is 5.60. The standard InChI is InChI=1S/C21H23BrNO2Si2/c1-12-9-13-7-6-8-14(15(13)10-12)18-16(21(23)24)11-17-19(22)20(18)27(4,5)25-26(17,2)3/h6-8,10-11,23H,9H2,1-5H3. The fraction of sp³-hybridized carbons (Fsp3) is 0.286. The number of carbonyl (C=O) groups excluding carboxylic acids is 1. The fourth-order valence-corrected chi connectivity index (χ4v) is 16.6. The Morgan fingerprint density at radius 3 is 2.56 bits per heavy atom. The quantitative estimate of drug-likeness (QED) is 0.630. The average Bonchev–Trinajstić information content (AvgIpc) is 2.91. The van der Waals surface area contributed by atoms with Crippen LogP contribution in [-0.2, 0) is 10.5 Å². The molecule has 1 N–H and O–H groups in total. The molecule has 0 atom stereocenters. The Kier molecular flexibility index (Phi) is 4.20. The second-order valence-electron chi connectivity index (χ2n) is 8.53. The van der Waals surface area contributed by atoms with Crippen LogP contribution < -0.4 is 16.1 Å². The van der Waals surface area contributed by atoms with Crippen molar-refractivity contribution >= 4 is 54.9 Å². The molecule has 0 saturated carbocycles. The van der Waals surface area contributed by atoms with Gasteiger partial charge in [0.2, 0.25) is 16.6 Å². The number of hydrogen-bond acceptors (Lipinski definition) is 2. The van der Waals surface area contributed by atoms with Crippen LogP contribution in [0.4, 0.5) is 0 Å². The number of halogens is 1. The van der Waals surface area contributed by atoms with Crippen LogP contribution in [0.15, 0.2) is 34.3 Å². The molecule has 2 aromatic carbocycles. The first kappa shape index (κ1) is 18.9. The lowest BCUT2D eigenvalue weighted by Gasteiger charge is -2.43. The summed E-state index contributed by atoms with van der Waals surface area (Å²) in [5.74, 6) is -0.618. The molecule has 0 fully saturated rings. The van der Waals surface area contributed by atoms with Crippen molar-refractivity contribution in [1.29, 1.82) is 0 Å². The van der Waals surface area contributed by atoms with E-state index in [1.54, 1.807) is 0 Å². The van der Waals surface area contributed by atoms with E-state index in [4.69, 9.17) is 9.85 Å². The van der Waals surface area contributed by atoms with Gasteiger partial charge in [0, 0.05) is 10.0 Å². The minimum absolute atomic E-state index is 0.513. The monoisotopic (exact) mass is 456 g/mol. The van der Waals surface area contributed by atoms with Crippen LogP contribution in [0.5, 0.6) is 0 Å². The second-order valence-corrected chi connectivity index (χ2v) is 17.2. The van der Waals surface area contributed by atoms with Crippen LogP contribution in [0.25, 0.3) is 17.2 Å². The number of hydrogen-bond donors (Lipinski definition) is 0. The largest absolute Gasteiger partial charge is 0.449 e. The molecule has 1 aliphatic carbocycles. The Bertz CT molecular complexity index is 1040. The van der Waals surface area contributed by atoms with Gasteiger partial charge in [0.1, 0.15) is 0 Å². The van der Waals surface area contributed by atoms with E-state index in [1.807, 2.05) is 6.07 Å². The van der Waals surface area contributed by atoms with Gasteiger partial charge in [0.25, 0.3) is 5.91 Å². The lowest BCUT2D eigenvalue weighted by atomic mass is 9.93. The zero-order chi connectivity index (χ0) is 19.7. The number of allylic oxidation sites excluding steroid dienone is 1. The Balaban J connectivity index is 2.15. The first-order valence-corrected chi connectivity index (χ1v) is 15.8. The van der Waals surface area contributed by atoms with Gasteiger partial charge in [-0.15, -0.1) is 0 Å². The van der Waals surface area contributed by atoms with Crippen molar-refractivity contribution in [2.24, 2.45) is 0 Å². The summed E-state index contributed by atoms with van der Waals surface area (Å²) in [6.07, 6.45) is 3.16. The highest BCUT2D eigenvalue weighted by atomic mass is 79.9. The predicted octanol–water partition coefficient (Wildman–Crippen LogP) is 4.35. The molecule has 6 heteroatoms. The highest BCUT2D eigenvalue weighted by Gasteiger charge is 2.46. The molecule has 3 nitrogen and oxygen atoms in total. The molecule has 139 valence electrons. The van der Waals surface area contributed by atoms with Crippen LogP contribution in [0.1, 0.15) is 28.4 Å². The number of carbonyl (C=O) groups is 1. The van der Waals surface area contributed by atoms with Crippen LogP contribution in [0.2, 0.25) is 26.2 Å². The van der Waals surface area contributed by atoms with Crippen molar-refractivity contribution in [3.63, 3.8) is 0 Å². The number of nitrogens with one attached hydrogen (secondary N) is 1. The summed E-state index contributed by atoms with van der Waals surface area (Å²) in [5.41, 5.74) is 14.2. The molecule has 0 spiro atoms. The Morgan fingerprint density at radius 2 is 1.89 bits per heavy atom. The molecule has 1 amide bonds. The first-order chi connectivity index (χ1) is 12.5. The molecule has 2 bridgehead atoms. The molecule has 0 aromatic heterocycles. The van der Waals surface area contributed by atoms with Crippen LogP contribution in [0.3, 0.4) is 0 Å². The summed E-state index contributed by atoms with van der Waals surface area (Å²) < 4.78 is 7.81. The summed E-state index contributed by atoms with van der Waals surface area (Å²) in [6.45, 7) is 10.9. The smallest absolute Gasteiger partial charge is 0.270 e. The van der Waals surface area contributed by atoms with Gasteiger partial charge < -0.3 is 4.12 Å². The molecular weight excluding hydrogens is 434 g/mol. The van der Waals surface area contributed by atoms with Crippen molar-refractivity contribution in [3.05, 3.63) is 51.0 Å². The van der Waals surface area contributed by atoms with Crippen LogP contribution >= 0.6 is 15.9 Å². The summed E-state index contributed by atoms with van der Waals surface area (Å²) in [4.78, 5) is 12.4. The maximum Gasteiger partial charge on any atom is 0.270 e. The van der Waals surface area contributed by atoms with Gasteiger partial charge in [-0.2, -0.15) is 0 Å². The van der Waals surface area contributed by atoms with Crippen molar-refractivity contribution < 1.29 is 8.91 Å². The molecule has 0 saturated heterocycles. The van der Waals surface area contributed by atoms with Gasteiger partial charge in [-0.1, -0.05) is 45.8 Å². The van der Waals surface area contributed by atoms with Gasteiger partial charge in [0.05, 0.1) is 0 Å². The molecular formula is C21H23BrNO2Si2. The normalized spacial score (nSPS) is 18.8. The van der Waals surface area contributed by atoms with Crippen molar-refractivity contribution in [1.82, 2.24) is 5.73 Å². The Morgan fingerprint density at radius 1 is 1.19 bits per heavy atom. The van der Waals surface area contributed by atoms with Crippen molar-refractivity contribution in [2.75, 3.05) is 0 Å². The lowest BCUT2D eigenvalue weighted by Crippen LogP contribution is -2.65. The zero-order valence-corrected chi connectivity index (χ0v) is 19.9. The highest BCUT2D eigenvalue weighted by Crippen LogP contribution is 2.39. The Labute approximate surface area is 171 Å². The van der Waals surface area contributed by atoms with E-state index in [2.05, 4.69) is 73.3 Å². The number of rotatable bonds is 2. The molecule has 0 unspecified atom stereocenters. The van der Waals surface area contributed by atoms with E-state index in [0.29, 0.717) is 5.56 Å². The SMILES string of the molecule is CC1=Cc2c(cccc2-c2c(C([NH])=O)cc3c(Br)c2[Si](C)(C)O[Si]3(C)C)C1. The highest BCUT2D eigenvalue weighted by molar-refractivity contribution is 9.10. The molecule has 1 heterocycles. The van der Waals surface area contributed by atoms with E-state index in [-0.39, 0.29) is 0 Å². The maximum absolute atomic E-state index is 12.4. The van der Waals surface area contributed by atoms with Crippen molar-refractivity contribution in [3.8, 4) is 11.1 Å². The third-order valence-corrected chi connectivity index (χ3v) is 14.6. The fourth-order valence-electron chi connectivity index (χ4n) is 4.62. The van der Waals surface area contributed by atoms with Gasteiger partial charge in [-0.25, -0.2) is 0 Å². The molecule has 2 aliphatic rings. The molecule has 1 aliphatic heterocycles. The van der Waals surface area contributed by atoms with E-state index < -0.39 is 22.5 Å². The topological polar surface area (TPSA) is 50.1 Å². The predicted molar refractivity (Wildman–Crippen MR) is 120 cm³/mol. The summed E-state index contributed by atoms with van der Waals surface area (Å²) in [7, 11) is -4.37. The third kappa shape index (κ3) is 2.81. The summed E-state index contributed by atoms with van der Waals surface area (Å²) in [6, 6.07) is 8.21. The van der Waals surface area contributed by atoms with E-state index in [9.17, 15) is 4.79 Å². The maximum atomic E-state index is 12.4. The van der Waals surface area contributed by atoms with Gasteiger partial charge in [-0.3, -0.25) is 10.5 Å². The molecule has 4 rings (SSSR count). The number of fused-ring (bicyclic) bond motifs is 3. The second kappa shape index (κ2) is 6.01. The molecule has 2 aromatic rings. The number of benzene rings is 2. The van der Waals surface area contributed by atoms with E-state index in [0.717, 1.165) is 32.4 Å². The Hall–Kier alpha value is -1.48. The molecule has 27 heavy (non-hydrogen) atoms.